The van der Waals surface area contributed by atoms with Crippen LogP contribution in [0.15, 0.2) is 18.3 Å². The number of hydrogen-bond donors (Lipinski definition) is 0. The van der Waals surface area contributed by atoms with E-state index in [9.17, 15) is 12.9 Å². The fourth-order valence-electron chi connectivity index (χ4n) is 0.673. The lowest BCUT2D eigenvalue weighted by atomic mass is 9.85. The molecule has 0 unspecified atom stereocenters. The van der Waals surface area contributed by atoms with Crippen LogP contribution in [0.3, 0.4) is 0 Å². The molecule has 0 aromatic carbocycles. The third-order valence-corrected chi connectivity index (χ3v) is 1.27. The van der Waals surface area contributed by atoms with Crippen LogP contribution in [-0.4, -0.2) is 12.0 Å². The van der Waals surface area contributed by atoms with Gasteiger partial charge in [0.2, 0.25) is 0 Å². The van der Waals surface area contributed by atoms with Crippen molar-refractivity contribution in [2.24, 2.45) is 0 Å². The van der Waals surface area contributed by atoms with Gasteiger partial charge in [-0.25, -0.2) is 0 Å². The third kappa shape index (κ3) is 1.96. The van der Waals surface area contributed by atoms with Gasteiger partial charge in [-0.2, -0.15) is 0 Å². The zero-order valence-electron chi connectivity index (χ0n) is 5.89. The van der Waals surface area contributed by atoms with Crippen LogP contribution in [-0.2, 0) is 0 Å². The van der Waals surface area contributed by atoms with Crippen molar-refractivity contribution in [3.8, 4) is 0 Å². The molecular weight excluding hydrogens is 154 g/mol. The monoisotopic (exact) mass is 160 g/mol. The quantitative estimate of drug-likeness (QED) is 0.566. The van der Waals surface area contributed by atoms with Gasteiger partial charge in [-0.3, -0.25) is 4.98 Å². The van der Waals surface area contributed by atoms with Gasteiger partial charge in [0.1, 0.15) is 0 Å². The predicted octanol–water partition coefficient (Wildman–Crippen LogP) is 1.44. The Morgan fingerprint density at radius 1 is 1.27 bits per heavy atom. The minimum Gasteiger partial charge on any atom is -0.444 e. The fraction of sp³-hybridized carbons (Fsp3) is 0.167. The molecule has 1 rings (SSSR count). The zero-order chi connectivity index (χ0) is 8.48. The second-order valence-corrected chi connectivity index (χ2v) is 2.34. The van der Waals surface area contributed by atoms with E-state index in [1.165, 1.54) is 12.3 Å². The Balaban J connectivity index is 2.99. The van der Waals surface area contributed by atoms with Crippen molar-refractivity contribution in [1.29, 1.82) is 0 Å². The molecule has 1 aromatic rings. The first-order chi connectivity index (χ1) is 5.00. The maximum absolute atomic E-state index is 11.9. The Morgan fingerprint density at radius 3 is 2.27 bits per heavy atom. The van der Waals surface area contributed by atoms with E-state index in [0.717, 1.165) is 11.6 Å². The average Bonchev–Trinajstić information content (AvgIpc) is 1.86. The van der Waals surface area contributed by atoms with Crippen LogP contribution in [0, 0.1) is 6.92 Å². The van der Waals surface area contributed by atoms with Crippen molar-refractivity contribution in [2.45, 2.75) is 6.92 Å². The van der Waals surface area contributed by atoms with Crippen LogP contribution in [0.1, 0.15) is 5.56 Å². The Labute approximate surface area is 62.3 Å². The van der Waals surface area contributed by atoms with Gasteiger partial charge in [0, 0.05) is 6.20 Å². The first-order valence-electron chi connectivity index (χ1n) is 3.12. The number of hydrogen-bond acceptors (Lipinski definition) is 1. The molecule has 0 N–H and O–H groups in total. The highest BCUT2D eigenvalue weighted by Crippen LogP contribution is 2.06. The molecule has 0 spiro atoms. The van der Waals surface area contributed by atoms with Crippen molar-refractivity contribution in [1.82, 2.24) is 4.98 Å². The predicted molar refractivity (Wildman–Crippen MR) is 37.7 cm³/mol. The first kappa shape index (κ1) is 8.10. The van der Waals surface area contributed by atoms with E-state index in [4.69, 9.17) is 0 Å². The van der Waals surface area contributed by atoms with Gasteiger partial charge in [-0.15, -0.1) is 0 Å². The number of aryl methyl sites for hydroxylation is 1. The van der Waals surface area contributed by atoms with E-state index in [0.29, 0.717) is 0 Å². The van der Waals surface area contributed by atoms with Crippen LogP contribution < -0.4 is 5.59 Å². The van der Waals surface area contributed by atoms with Crippen molar-refractivity contribution >= 4 is 12.6 Å². The van der Waals surface area contributed by atoms with Gasteiger partial charge in [0.15, 0.2) is 0 Å². The number of halogens is 3. The number of nitrogens with zero attached hydrogens (tertiary/aromatic N) is 1. The molecule has 0 saturated heterocycles. The molecule has 1 aromatic heterocycles. The number of pyridine rings is 1. The standard InChI is InChI=1S/C6H6BF3N/c1-5-2-3-6(11-4-5)7(8,9)10/h2-4H,1H3/q-1. The second-order valence-electron chi connectivity index (χ2n) is 2.34. The summed E-state index contributed by atoms with van der Waals surface area (Å²) in [5, 5.41) is 0. The molecule has 0 atom stereocenters. The summed E-state index contributed by atoms with van der Waals surface area (Å²) in [7, 11) is 0. The van der Waals surface area contributed by atoms with E-state index >= 15 is 0 Å². The summed E-state index contributed by atoms with van der Waals surface area (Å²) in [4.78, 5) is 3.25. The molecule has 0 bridgehead atoms. The van der Waals surface area contributed by atoms with Crippen molar-refractivity contribution in [3.63, 3.8) is 0 Å². The Bertz CT molecular complexity index is 241. The van der Waals surface area contributed by atoms with Gasteiger partial charge >= 0.3 is 6.98 Å². The lowest BCUT2D eigenvalue weighted by molar-refractivity contribution is 0.498. The molecule has 0 radical (unpaired) electrons. The lowest BCUT2D eigenvalue weighted by Crippen LogP contribution is -2.36. The van der Waals surface area contributed by atoms with Gasteiger partial charge in [-0.05, 0) is 18.1 Å². The molecule has 5 heteroatoms. The average molecular weight is 160 g/mol. The summed E-state index contributed by atoms with van der Waals surface area (Å²) in [5.41, 5.74) is -0.0515. The normalized spacial score (nSPS) is 11.6. The van der Waals surface area contributed by atoms with Crippen molar-refractivity contribution in [3.05, 3.63) is 23.9 Å². The van der Waals surface area contributed by atoms with Crippen LogP contribution in [0.2, 0.25) is 0 Å². The number of rotatable bonds is 1. The highest BCUT2D eigenvalue weighted by molar-refractivity contribution is 6.72. The van der Waals surface area contributed by atoms with Gasteiger partial charge < -0.3 is 12.9 Å². The molecule has 0 aliphatic rings. The summed E-state index contributed by atoms with van der Waals surface area (Å²) >= 11 is 0. The summed E-state index contributed by atoms with van der Waals surface area (Å²) in [6, 6.07) is 2.40. The van der Waals surface area contributed by atoms with Gasteiger partial charge in [0.25, 0.3) is 0 Å². The molecule has 0 aliphatic carbocycles. The smallest absolute Gasteiger partial charge is 0.444 e. The van der Waals surface area contributed by atoms with Crippen molar-refractivity contribution in [2.75, 3.05) is 0 Å². The second kappa shape index (κ2) is 2.56. The summed E-state index contributed by atoms with van der Waals surface area (Å²) in [5.74, 6) is 0. The summed E-state index contributed by atoms with van der Waals surface area (Å²) < 4.78 is 35.8. The molecule has 0 amide bonds. The highest BCUT2D eigenvalue weighted by Gasteiger charge is 2.26. The minimum atomic E-state index is -4.93. The van der Waals surface area contributed by atoms with E-state index in [2.05, 4.69) is 4.98 Å². The number of aromatic nitrogens is 1. The van der Waals surface area contributed by atoms with E-state index in [1.54, 1.807) is 6.92 Å². The SMILES string of the molecule is Cc1ccc([B-](F)(F)F)nc1. The topological polar surface area (TPSA) is 12.9 Å². The molecule has 0 saturated carbocycles. The molecule has 11 heavy (non-hydrogen) atoms. The van der Waals surface area contributed by atoms with E-state index < -0.39 is 12.6 Å². The molecule has 1 heterocycles. The first-order valence-corrected chi connectivity index (χ1v) is 3.12. The molecule has 0 aliphatic heterocycles. The van der Waals surface area contributed by atoms with E-state index in [1.807, 2.05) is 0 Å². The lowest BCUT2D eigenvalue weighted by Gasteiger charge is -2.12. The molecular formula is C6H6BF3N-. The Morgan fingerprint density at radius 2 is 1.91 bits per heavy atom. The minimum absolute atomic E-state index is 0.730. The highest BCUT2D eigenvalue weighted by atomic mass is 19.4. The van der Waals surface area contributed by atoms with Gasteiger partial charge in [0.05, 0.1) is 0 Å². The van der Waals surface area contributed by atoms with Crippen LogP contribution in [0.25, 0.3) is 0 Å². The zero-order valence-corrected chi connectivity index (χ0v) is 5.89. The molecule has 1 nitrogen and oxygen atoms in total. The maximum atomic E-state index is 11.9. The van der Waals surface area contributed by atoms with Crippen molar-refractivity contribution < 1.29 is 12.9 Å². The fourth-order valence-corrected chi connectivity index (χ4v) is 0.673. The molecule has 0 fully saturated rings. The summed E-state index contributed by atoms with van der Waals surface area (Å²) in [6.45, 7) is -3.23. The third-order valence-electron chi connectivity index (χ3n) is 1.27. The largest absolute Gasteiger partial charge is 0.527 e. The Hall–Kier alpha value is -0.995. The Kier molecular flexibility index (Phi) is 1.89. The van der Waals surface area contributed by atoms with Crippen LogP contribution in [0.4, 0.5) is 12.9 Å². The summed E-state index contributed by atoms with van der Waals surface area (Å²) in [6.07, 6.45) is 1.21. The molecule has 60 valence electrons. The van der Waals surface area contributed by atoms with Crippen LogP contribution in [0.5, 0.6) is 0 Å². The van der Waals surface area contributed by atoms with E-state index in [-0.39, 0.29) is 0 Å². The van der Waals surface area contributed by atoms with Gasteiger partial charge in [-0.1, -0.05) is 12.1 Å². The maximum Gasteiger partial charge on any atom is 0.527 e. The van der Waals surface area contributed by atoms with Crippen LogP contribution >= 0.6 is 0 Å².